The maximum Gasteiger partial charge on any atom is 0.349 e. The van der Waals surface area contributed by atoms with E-state index in [0.29, 0.717) is 28.5 Å². The van der Waals surface area contributed by atoms with Gasteiger partial charge in [-0.25, -0.2) is 4.79 Å². The Morgan fingerprint density at radius 1 is 1.26 bits per heavy atom. The van der Waals surface area contributed by atoms with Crippen LogP contribution in [0.4, 0.5) is 5.82 Å². The first-order valence-electron chi connectivity index (χ1n) is 9.65. The lowest BCUT2D eigenvalue weighted by molar-refractivity contribution is 0.102. The van der Waals surface area contributed by atoms with Gasteiger partial charge in [-0.15, -0.1) is 24.8 Å². The molecule has 1 saturated heterocycles. The van der Waals surface area contributed by atoms with E-state index in [1.54, 1.807) is 37.0 Å². The Morgan fingerprint density at radius 3 is 2.71 bits per heavy atom. The lowest BCUT2D eigenvalue weighted by Crippen LogP contribution is -2.30. The molecule has 2 N–H and O–H groups in total. The van der Waals surface area contributed by atoms with Gasteiger partial charge in [0.2, 0.25) is 0 Å². The first kappa shape index (κ1) is 24.6. The minimum Gasteiger partial charge on any atom is -0.427 e. The second-order valence-corrected chi connectivity index (χ2v) is 7.25. The molecular weight excluding hydrogens is 441 g/mol. The third-order valence-electron chi connectivity index (χ3n) is 5.14. The number of piperidine rings is 1. The van der Waals surface area contributed by atoms with Gasteiger partial charge in [-0.05, 0) is 50.1 Å². The zero-order valence-corrected chi connectivity index (χ0v) is 18.9. The van der Waals surface area contributed by atoms with E-state index in [1.807, 2.05) is 18.2 Å². The number of anilines is 1. The summed E-state index contributed by atoms with van der Waals surface area (Å²) in [5, 5.41) is 10.4. The Morgan fingerprint density at radius 2 is 2.06 bits per heavy atom. The Labute approximate surface area is 192 Å². The molecule has 0 spiro atoms. The Kier molecular flexibility index (Phi) is 8.38. The van der Waals surface area contributed by atoms with Gasteiger partial charge in [0.15, 0.2) is 0 Å². The molecule has 0 radical (unpaired) electrons. The molecule has 8 nitrogen and oxygen atoms in total. The van der Waals surface area contributed by atoms with Crippen LogP contribution in [0.15, 0.2) is 45.7 Å². The monoisotopic (exact) mass is 465 g/mol. The van der Waals surface area contributed by atoms with Crippen molar-refractivity contribution in [2.45, 2.75) is 25.7 Å². The highest BCUT2D eigenvalue weighted by molar-refractivity contribution is 6.04. The fourth-order valence-corrected chi connectivity index (χ4v) is 3.60. The van der Waals surface area contributed by atoms with Crippen molar-refractivity contribution in [3.8, 4) is 11.4 Å². The van der Waals surface area contributed by atoms with Crippen LogP contribution in [0.1, 0.15) is 40.4 Å². The van der Waals surface area contributed by atoms with Gasteiger partial charge in [0.25, 0.3) is 5.91 Å². The molecule has 1 aliphatic rings. The molecule has 3 aromatic heterocycles. The predicted octanol–water partition coefficient (Wildman–Crippen LogP) is 3.31. The molecule has 0 saturated carbocycles. The van der Waals surface area contributed by atoms with E-state index >= 15 is 0 Å². The molecule has 0 bridgehead atoms. The fourth-order valence-electron chi connectivity index (χ4n) is 3.60. The molecule has 166 valence electrons. The molecule has 0 aromatic carbocycles. The van der Waals surface area contributed by atoms with E-state index in [9.17, 15) is 9.59 Å². The summed E-state index contributed by atoms with van der Waals surface area (Å²) in [7, 11) is 1.72. The number of aryl methyl sites for hydroxylation is 2. The molecule has 0 aliphatic carbocycles. The summed E-state index contributed by atoms with van der Waals surface area (Å²) in [5.41, 5.74) is 1.33. The van der Waals surface area contributed by atoms with Crippen molar-refractivity contribution in [2.24, 2.45) is 7.05 Å². The third kappa shape index (κ3) is 5.33. The zero-order chi connectivity index (χ0) is 20.4. The normalized spacial score (nSPS) is 15.5. The summed E-state index contributed by atoms with van der Waals surface area (Å²) in [4.78, 5) is 29.6. The average Bonchev–Trinajstić information content (AvgIpc) is 3.09. The molecule has 1 fully saturated rings. The summed E-state index contributed by atoms with van der Waals surface area (Å²) >= 11 is 0. The SMILES string of the molecule is Cc1cc(C2CCCNC2)oc(=O)c1C(=O)Nc1cc(-c2ccccn2)nn1C.Cl.Cl. The molecule has 4 rings (SSSR count). The fraction of sp³-hybridized carbons (Fsp3) is 0.333. The molecule has 3 aromatic rings. The van der Waals surface area contributed by atoms with Crippen LogP contribution in [0.5, 0.6) is 0 Å². The largest absolute Gasteiger partial charge is 0.427 e. The highest BCUT2D eigenvalue weighted by Gasteiger charge is 2.23. The number of amides is 1. The van der Waals surface area contributed by atoms with Crippen LogP contribution in [0.25, 0.3) is 11.4 Å². The van der Waals surface area contributed by atoms with Crippen LogP contribution in [0.2, 0.25) is 0 Å². The minimum absolute atomic E-state index is 0. The van der Waals surface area contributed by atoms with E-state index in [4.69, 9.17) is 4.42 Å². The van der Waals surface area contributed by atoms with Gasteiger partial charge in [-0.1, -0.05) is 6.07 Å². The molecule has 4 heterocycles. The van der Waals surface area contributed by atoms with Gasteiger partial charge in [-0.3, -0.25) is 14.5 Å². The zero-order valence-electron chi connectivity index (χ0n) is 17.3. The topological polar surface area (TPSA) is 102 Å². The lowest BCUT2D eigenvalue weighted by Gasteiger charge is -2.22. The first-order chi connectivity index (χ1) is 14.0. The van der Waals surface area contributed by atoms with Crippen LogP contribution in [0.3, 0.4) is 0 Å². The molecular formula is C21H25Cl2N5O3. The van der Waals surface area contributed by atoms with E-state index in [2.05, 4.69) is 20.7 Å². The third-order valence-corrected chi connectivity index (χ3v) is 5.14. The van der Waals surface area contributed by atoms with E-state index in [0.717, 1.165) is 25.9 Å². The number of pyridine rings is 1. The van der Waals surface area contributed by atoms with E-state index in [1.165, 1.54) is 0 Å². The average molecular weight is 466 g/mol. The van der Waals surface area contributed by atoms with Crippen molar-refractivity contribution in [1.82, 2.24) is 20.1 Å². The van der Waals surface area contributed by atoms with Gasteiger partial charge in [0, 0.05) is 31.8 Å². The maximum absolute atomic E-state index is 12.8. The Bertz CT molecular complexity index is 1090. The molecule has 1 aliphatic heterocycles. The second kappa shape index (κ2) is 10.6. The van der Waals surface area contributed by atoms with Crippen molar-refractivity contribution in [1.29, 1.82) is 0 Å². The van der Waals surface area contributed by atoms with Crippen LogP contribution in [-0.4, -0.2) is 33.8 Å². The number of aromatic nitrogens is 3. The molecule has 31 heavy (non-hydrogen) atoms. The van der Waals surface area contributed by atoms with Crippen molar-refractivity contribution in [3.05, 3.63) is 63.8 Å². The standard InChI is InChI=1S/C21H23N5O3.2ClH/c1-13-10-17(14-6-5-8-22-12-14)29-21(28)19(13)20(27)24-18-11-16(25-26(18)2)15-7-3-4-9-23-15;;/h3-4,7,9-11,14,22H,5-6,8,12H2,1-2H3,(H,24,27);2*1H. The quantitative estimate of drug-likeness (QED) is 0.612. The maximum atomic E-state index is 12.8. The number of carbonyl (C=O) groups is 1. The summed E-state index contributed by atoms with van der Waals surface area (Å²) in [6.45, 7) is 3.51. The summed E-state index contributed by atoms with van der Waals surface area (Å²) in [6, 6.07) is 9.05. The number of nitrogens with zero attached hydrogens (tertiary/aromatic N) is 3. The number of hydrogen-bond donors (Lipinski definition) is 2. The highest BCUT2D eigenvalue weighted by atomic mass is 35.5. The number of rotatable bonds is 4. The van der Waals surface area contributed by atoms with E-state index in [-0.39, 0.29) is 36.3 Å². The van der Waals surface area contributed by atoms with Crippen LogP contribution >= 0.6 is 24.8 Å². The van der Waals surface area contributed by atoms with Crippen molar-refractivity contribution in [3.63, 3.8) is 0 Å². The van der Waals surface area contributed by atoms with E-state index < -0.39 is 11.5 Å². The number of halogens is 2. The molecule has 1 amide bonds. The second-order valence-electron chi connectivity index (χ2n) is 7.25. The summed E-state index contributed by atoms with van der Waals surface area (Å²) < 4.78 is 7.05. The smallest absolute Gasteiger partial charge is 0.349 e. The summed E-state index contributed by atoms with van der Waals surface area (Å²) in [6.07, 6.45) is 3.68. The first-order valence-corrected chi connectivity index (χ1v) is 9.65. The predicted molar refractivity (Wildman–Crippen MR) is 123 cm³/mol. The van der Waals surface area contributed by atoms with Gasteiger partial charge in [-0.2, -0.15) is 5.10 Å². The van der Waals surface area contributed by atoms with Crippen molar-refractivity contribution < 1.29 is 9.21 Å². The van der Waals surface area contributed by atoms with Gasteiger partial charge in [0.1, 0.15) is 22.8 Å². The molecule has 1 unspecified atom stereocenters. The minimum atomic E-state index is -0.616. The van der Waals surface area contributed by atoms with Crippen molar-refractivity contribution in [2.75, 3.05) is 18.4 Å². The number of carbonyl (C=O) groups excluding carboxylic acids is 1. The molecule has 10 heteroatoms. The summed E-state index contributed by atoms with van der Waals surface area (Å²) in [5.74, 6) is 0.745. The number of hydrogen-bond acceptors (Lipinski definition) is 6. The Hall–Kier alpha value is -2.68. The number of nitrogens with one attached hydrogen (secondary N) is 2. The van der Waals surface area contributed by atoms with Gasteiger partial charge in [0.05, 0.1) is 5.69 Å². The van der Waals surface area contributed by atoms with Crippen molar-refractivity contribution >= 4 is 36.5 Å². The Balaban J connectivity index is 0.00000171. The van der Waals surface area contributed by atoms with Gasteiger partial charge < -0.3 is 15.1 Å². The molecule has 1 atom stereocenters. The van der Waals surface area contributed by atoms with Gasteiger partial charge >= 0.3 is 5.63 Å². The van der Waals surface area contributed by atoms with Crippen LogP contribution in [0, 0.1) is 6.92 Å². The van der Waals surface area contributed by atoms with Crippen LogP contribution < -0.4 is 16.3 Å². The van der Waals surface area contributed by atoms with Crippen LogP contribution in [-0.2, 0) is 7.05 Å². The highest BCUT2D eigenvalue weighted by Crippen LogP contribution is 2.24. The lowest BCUT2D eigenvalue weighted by atomic mass is 9.95.